The molecule has 0 aliphatic heterocycles. The molecule has 2 atom stereocenters. The van der Waals surface area contributed by atoms with Crippen molar-refractivity contribution < 1.29 is 14.7 Å². The van der Waals surface area contributed by atoms with Crippen molar-refractivity contribution in [3.05, 3.63) is 34.9 Å². The highest BCUT2D eigenvalue weighted by Crippen LogP contribution is 2.24. The van der Waals surface area contributed by atoms with Gasteiger partial charge in [-0.25, -0.2) is 0 Å². The Kier molecular flexibility index (Phi) is 5.59. The van der Waals surface area contributed by atoms with E-state index >= 15 is 0 Å². The van der Waals surface area contributed by atoms with Gasteiger partial charge in [-0.1, -0.05) is 23.7 Å². The molecule has 1 aromatic rings. The molecule has 114 valence electrons. The second-order valence-corrected chi connectivity index (χ2v) is 5.71. The van der Waals surface area contributed by atoms with E-state index in [9.17, 15) is 14.7 Å². The molecule has 0 saturated heterocycles. The van der Waals surface area contributed by atoms with E-state index in [-0.39, 0.29) is 24.5 Å². The quantitative estimate of drug-likeness (QED) is 0.768. The predicted molar refractivity (Wildman–Crippen MR) is 80.1 cm³/mol. The average Bonchev–Trinajstić information content (AvgIpc) is 2.89. The minimum Gasteiger partial charge on any atom is -0.393 e. The molecule has 1 aromatic carbocycles. The third-order valence-corrected chi connectivity index (χ3v) is 3.96. The lowest BCUT2D eigenvalue weighted by molar-refractivity contribution is -0.120. The highest BCUT2D eigenvalue weighted by Gasteiger charge is 2.23. The molecule has 0 spiro atoms. The van der Waals surface area contributed by atoms with Gasteiger partial charge in [0.25, 0.3) is 5.91 Å². The van der Waals surface area contributed by atoms with Crippen LogP contribution in [0.15, 0.2) is 24.3 Å². The van der Waals surface area contributed by atoms with Crippen molar-refractivity contribution in [1.82, 2.24) is 10.6 Å². The lowest BCUT2D eigenvalue weighted by atomic mass is 10.1. The minimum absolute atomic E-state index is 0.0840. The summed E-state index contributed by atoms with van der Waals surface area (Å²) in [4.78, 5) is 23.5. The number of carbonyl (C=O) groups is 2. The van der Waals surface area contributed by atoms with Crippen LogP contribution in [-0.2, 0) is 4.79 Å². The molecular formula is C15H19ClN2O3. The van der Waals surface area contributed by atoms with E-state index < -0.39 is 0 Å². The summed E-state index contributed by atoms with van der Waals surface area (Å²) in [5, 5.41) is 15.1. The molecule has 3 N–H and O–H groups in total. The molecule has 1 aliphatic rings. The second kappa shape index (κ2) is 7.43. The van der Waals surface area contributed by atoms with Gasteiger partial charge in [-0.15, -0.1) is 0 Å². The van der Waals surface area contributed by atoms with Gasteiger partial charge in [-0.3, -0.25) is 9.59 Å². The summed E-state index contributed by atoms with van der Waals surface area (Å²) in [6.07, 6.45) is 2.20. The maximum atomic E-state index is 11.9. The van der Waals surface area contributed by atoms with Crippen molar-refractivity contribution in [2.45, 2.75) is 25.4 Å². The van der Waals surface area contributed by atoms with Gasteiger partial charge in [0.05, 0.1) is 23.2 Å². The van der Waals surface area contributed by atoms with Crippen LogP contribution in [0.2, 0.25) is 5.02 Å². The molecule has 5 nitrogen and oxygen atoms in total. The molecule has 0 radical (unpaired) electrons. The fraction of sp³-hybridized carbons (Fsp3) is 0.467. The molecule has 0 heterocycles. The lowest BCUT2D eigenvalue weighted by Crippen LogP contribution is -2.38. The van der Waals surface area contributed by atoms with E-state index in [0.717, 1.165) is 19.3 Å². The molecular weight excluding hydrogens is 292 g/mol. The molecule has 2 unspecified atom stereocenters. The van der Waals surface area contributed by atoms with Crippen molar-refractivity contribution in [1.29, 1.82) is 0 Å². The van der Waals surface area contributed by atoms with E-state index in [2.05, 4.69) is 10.6 Å². The summed E-state index contributed by atoms with van der Waals surface area (Å²) in [5.74, 6) is -0.285. The van der Waals surface area contributed by atoms with E-state index in [1.807, 2.05) is 0 Å². The molecule has 2 amide bonds. The molecule has 21 heavy (non-hydrogen) atoms. The van der Waals surface area contributed by atoms with Crippen LogP contribution in [-0.4, -0.2) is 36.1 Å². The predicted octanol–water partition coefficient (Wildman–Crippen LogP) is 1.35. The van der Waals surface area contributed by atoms with Crippen molar-refractivity contribution in [2.24, 2.45) is 5.92 Å². The maximum absolute atomic E-state index is 11.9. The largest absolute Gasteiger partial charge is 0.393 e. The fourth-order valence-corrected chi connectivity index (χ4v) is 2.68. The van der Waals surface area contributed by atoms with Crippen molar-refractivity contribution in [3.8, 4) is 0 Å². The minimum atomic E-state index is -0.368. The summed E-state index contributed by atoms with van der Waals surface area (Å²) in [6, 6.07) is 6.69. The highest BCUT2D eigenvalue weighted by molar-refractivity contribution is 6.33. The van der Waals surface area contributed by atoms with Gasteiger partial charge < -0.3 is 15.7 Å². The van der Waals surface area contributed by atoms with Gasteiger partial charge in [0.1, 0.15) is 0 Å². The van der Waals surface area contributed by atoms with Crippen LogP contribution >= 0.6 is 11.6 Å². The van der Waals surface area contributed by atoms with Crippen LogP contribution in [0, 0.1) is 5.92 Å². The Bertz CT molecular complexity index is 521. The first kappa shape index (κ1) is 15.8. The average molecular weight is 311 g/mol. The highest BCUT2D eigenvalue weighted by atomic mass is 35.5. The van der Waals surface area contributed by atoms with E-state index in [0.29, 0.717) is 23.0 Å². The van der Waals surface area contributed by atoms with Gasteiger partial charge >= 0.3 is 0 Å². The Balaban J connectivity index is 1.71. The van der Waals surface area contributed by atoms with Crippen LogP contribution in [0.3, 0.4) is 0 Å². The van der Waals surface area contributed by atoms with Gasteiger partial charge in [0.2, 0.25) is 5.91 Å². The summed E-state index contributed by atoms with van der Waals surface area (Å²) in [6.45, 7) is 0.456. The zero-order valence-corrected chi connectivity index (χ0v) is 12.4. The van der Waals surface area contributed by atoms with Crippen LogP contribution in [0.4, 0.5) is 0 Å². The summed E-state index contributed by atoms with van der Waals surface area (Å²) >= 11 is 5.91. The van der Waals surface area contributed by atoms with Crippen LogP contribution < -0.4 is 10.6 Å². The number of aliphatic hydroxyl groups is 1. The van der Waals surface area contributed by atoms with Gasteiger partial charge in [-0.2, -0.15) is 0 Å². The normalized spacial score (nSPS) is 21.0. The molecule has 2 rings (SSSR count). The van der Waals surface area contributed by atoms with Crippen LogP contribution in [0.5, 0.6) is 0 Å². The van der Waals surface area contributed by atoms with Crippen molar-refractivity contribution in [2.75, 3.05) is 13.1 Å². The third kappa shape index (κ3) is 4.72. The maximum Gasteiger partial charge on any atom is 0.253 e. The topological polar surface area (TPSA) is 78.4 Å². The fourth-order valence-electron chi connectivity index (χ4n) is 2.46. The van der Waals surface area contributed by atoms with E-state index in [1.54, 1.807) is 24.3 Å². The monoisotopic (exact) mass is 310 g/mol. The molecule has 0 aromatic heterocycles. The Morgan fingerprint density at radius 1 is 1.24 bits per heavy atom. The number of halogens is 1. The summed E-state index contributed by atoms with van der Waals surface area (Å²) < 4.78 is 0. The van der Waals surface area contributed by atoms with Crippen LogP contribution in [0.25, 0.3) is 0 Å². The van der Waals surface area contributed by atoms with Crippen molar-refractivity contribution in [3.63, 3.8) is 0 Å². The number of benzene rings is 1. The smallest absolute Gasteiger partial charge is 0.253 e. The van der Waals surface area contributed by atoms with E-state index in [4.69, 9.17) is 11.6 Å². The summed E-state index contributed by atoms with van der Waals surface area (Å²) in [7, 11) is 0. The number of hydrogen-bond donors (Lipinski definition) is 3. The number of hydrogen-bond acceptors (Lipinski definition) is 3. The first-order valence-corrected chi connectivity index (χ1v) is 7.41. The Morgan fingerprint density at radius 2 is 2.00 bits per heavy atom. The first-order valence-electron chi connectivity index (χ1n) is 7.03. The number of rotatable bonds is 5. The third-order valence-electron chi connectivity index (χ3n) is 3.63. The second-order valence-electron chi connectivity index (χ2n) is 5.30. The number of carbonyl (C=O) groups excluding carboxylic acids is 2. The number of aliphatic hydroxyl groups excluding tert-OH is 1. The van der Waals surface area contributed by atoms with Gasteiger partial charge in [-0.05, 0) is 37.3 Å². The zero-order chi connectivity index (χ0) is 15.2. The standard InChI is InChI=1S/C15H19ClN2O3/c16-13-4-2-1-3-12(13)15(21)18-9-14(20)17-8-10-5-6-11(19)7-10/h1-4,10-11,19H,5-9H2,(H,17,20)(H,18,21). The Morgan fingerprint density at radius 3 is 2.67 bits per heavy atom. The Labute approximate surface area is 128 Å². The molecule has 1 saturated carbocycles. The van der Waals surface area contributed by atoms with E-state index in [1.165, 1.54) is 0 Å². The van der Waals surface area contributed by atoms with Gasteiger partial charge in [0.15, 0.2) is 0 Å². The lowest BCUT2D eigenvalue weighted by Gasteiger charge is -2.11. The molecule has 1 aliphatic carbocycles. The molecule has 0 bridgehead atoms. The van der Waals surface area contributed by atoms with Crippen LogP contribution in [0.1, 0.15) is 29.6 Å². The molecule has 1 fully saturated rings. The SMILES string of the molecule is O=C(CNC(=O)c1ccccc1Cl)NCC1CCC(O)C1. The number of amides is 2. The molecule has 6 heteroatoms. The summed E-state index contributed by atoms with van der Waals surface area (Å²) in [5.41, 5.74) is 0.353. The van der Waals surface area contributed by atoms with Gasteiger partial charge in [0, 0.05) is 6.54 Å². The Hall–Kier alpha value is -1.59. The zero-order valence-electron chi connectivity index (χ0n) is 11.6. The number of nitrogens with one attached hydrogen (secondary N) is 2. The first-order chi connectivity index (χ1) is 10.1. The van der Waals surface area contributed by atoms with Crippen molar-refractivity contribution >= 4 is 23.4 Å².